The molecule has 6 nitrogen and oxygen atoms in total. The van der Waals surface area contributed by atoms with Gasteiger partial charge in [0.05, 0.1) is 6.20 Å². The van der Waals surface area contributed by atoms with Crippen molar-refractivity contribution >= 4 is 16.1 Å². The fraction of sp³-hybridized carbons (Fsp3) is 0.312. The molecule has 1 aromatic carbocycles. The number of aromatic amines is 1. The van der Waals surface area contributed by atoms with Crippen molar-refractivity contribution in [3.05, 3.63) is 52.4 Å². The number of anilines is 1. The maximum atomic E-state index is 11.1. The van der Waals surface area contributed by atoms with Gasteiger partial charge in [0.15, 0.2) is 0 Å². The number of nitrogens with zero attached hydrogens (tertiary/aromatic N) is 3. The molecular formula is C16H16N4O2S. The lowest BCUT2D eigenvalue weighted by Crippen LogP contribution is -2.34. The maximum Gasteiger partial charge on any atom is 0.258 e. The van der Waals surface area contributed by atoms with E-state index in [9.17, 15) is 13.7 Å². The average molecular weight is 328 g/mol. The maximum absolute atomic E-state index is 11.1. The van der Waals surface area contributed by atoms with E-state index < -0.39 is 10.3 Å². The van der Waals surface area contributed by atoms with E-state index in [2.05, 4.69) is 28.2 Å². The first-order valence-electron chi connectivity index (χ1n) is 7.40. The Kier molecular flexibility index (Phi) is 4.44. The SMILES string of the molecule is N#Cc1cnc(=S(=O)=O)[nH]c1N1CCC(c2ccccc2)CC1. The number of hydrogen-bond acceptors (Lipinski definition) is 5. The van der Waals surface area contributed by atoms with Gasteiger partial charge in [-0.15, -0.1) is 0 Å². The number of H-pyrrole nitrogens is 1. The summed E-state index contributed by atoms with van der Waals surface area (Å²) >= 11 is 0. The van der Waals surface area contributed by atoms with Crippen molar-refractivity contribution < 1.29 is 8.42 Å². The second-order valence-corrected chi connectivity index (χ2v) is 6.33. The highest BCUT2D eigenvalue weighted by Crippen LogP contribution is 2.30. The highest BCUT2D eigenvalue weighted by molar-refractivity contribution is 7.63. The number of nitriles is 1. The lowest BCUT2D eigenvalue weighted by atomic mass is 9.89. The molecule has 23 heavy (non-hydrogen) atoms. The van der Waals surface area contributed by atoms with Crippen molar-refractivity contribution in [2.24, 2.45) is 0 Å². The fourth-order valence-electron chi connectivity index (χ4n) is 2.96. The predicted molar refractivity (Wildman–Crippen MR) is 86.1 cm³/mol. The second-order valence-electron chi connectivity index (χ2n) is 5.47. The van der Waals surface area contributed by atoms with Gasteiger partial charge in [-0.2, -0.15) is 13.7 Å². The van der Waals surface area contributed by atoms with Gasteiger partial charge in [-0.1, -0.05) is 30.3 Å². The van der Waals surface area contributed by atoms with Crippen LogP contribution in [0.25, 0.3) is 0 Å². The van der Waals surface area contributed by atoms with Gasteiger partial charge >= 0.3 is 0 Å². The van der Waals surface area contributed by atoms with Crippen LogP contribution >= 0.6 is 0 Å². The van der Waals surface area contributed by atoms with Crippen LogP contribution in [-0.4, -0.2) is 31.5 Å². The van der Waals surface area contributed by atoms with E-state index in [1.807, 2.05) is 23.1 Å². The van der Waals surface area contributed by atoms with E-state index in [4.69, 9.17) is 0 Å². The first-order chi connectivity index (χ1) is 11.2. The molecule has 0 radical (unpaired) electrons. The smallest absolute Gasteiger partial charge is 0.258 e. The molecule has 0 atom stereocenters. The Morgan fingerprint density at radius 1 is 1.22 bits per heavy atom. The van der Waals surface area contributed by atoms with Gasteiger partial charge in [-0.25, -0.2) is 4.98 Å². The molecule has 0 aliphatic carbocycles. The first-order valence-corrected chi connectivity index (χ1v) is 8.48. The molecule has 2 aromatic rings. The summed E-state index contributed by atoms with van der Waals surface area (Å²) < 4.78 is 22.0. The third kappa shape index (κ3) is 3.27. The zero-order valence-corrected chi connectivity index (χ0v) is 13.3. The molecule has 0 saturated carbocycles. The molecular weight excluding hydrogens is 312 g/mol. The molecule has 2 heterocycles. The van der Waals surface area contributed by atoms with Gasteiger partial charge in [0, 0.05) is 13.1 Å². The van der Waals surface area contributed by atoms with Crippen LogP contribution < -0.4 is 4.90 Å². The van der Waals surface area contributed by atoms with Gasteiger partial charge < -0.3 is 9.88 Å². The number of nitrogens with one attached hydrogen (secondary N) is 1. The summed E-state index contributed by atoms with van der Waals surface area (Å²) in [7, 11) is -2.44. The largest absolute Gasteiger partial charge is 0.357 e. The molecule has 1 N–H and O–H groups in total. The van der Waals surface area contributed by atoms with Crippen molar-refractivity contribution in [2.45, 2.75) is 18.8 Å². The van der Waals surface area contributed by atoms with Crippen LogP contribution in [0.1, 0.15) is 29.9 Å². The molecule has 118 valence electrons. The standard InChI is InChI=1S/C16H16N4O2S/c17-10-14-11-18-16(23(21)22)19-15(14)20-8-6-13(7-9-20)12-4-2-1-3-5-12/h1-5,11,13,19H,6-9H2. The molecule has 1 fully saturated rings. The third-order valence-corrected chi connectivity index (χ3v) is 4.68. The number of hydrogen-bond donors (Lipinski definition) is 1. The van der Waals surface area contributed by atoms with E-state index in [1.165, 1.54) is 11.8 Å². The van der Waals surface area contributed by atoms with Crippen LogP contribution in [0, 0.1) is 16.1 Å². The molecule has 0 amide bonds. The Morgan fingerprint density at radius 2 is 1.91 bits per heavy atom. The minimum absolute atomic E-state index is 0.149. The number of piperidine rings is 1. The van der Waals surface area contributed by atoms with E-state index in [-0.39, 0.29) is 4.77 Å². The Balaban J connectivity index is 1.84. The van der Waals surface area contributed by atoms with Crippen LogP contribution in [0.5, 0.6) is 0 Å². The van der Waals surface area contributed by atoms with Crippen molar-refractivity contribution in [3.63, 3.8) is 0 Å². The summed E-state index contributed by atoms with van der Waals surface area (Å²) in [5, 5.41) is 9.22. The summed E-state index contributed by atoms with van der Waals surface area (Å²) in [5.41, 5.74) is 1.69. The fourth-order valence-corrected chi connectivity index (χ4v) is 3.28. The molecule has 1 aliphatic rings. The molecule has 3 rings (SSSR count). The monoisotopic (exact) mass is 328 g/mol. The summed E-state index contributed by atoms with van der Waals surface area (Å²) in [6.07, 6.45) is 3.22. The van der Waals surface area contributed by atoms with Crippen LogP contribution in [0.4, 0.5) is 5.82 Å². The Hall–Kier alpha value is -2.59. The summed E-state index contributed by atoms with van der Waals surface area (Å²) in [4.78, 5) is 8.54. The zero-order chi connectivity index (χ0) is 16.2. The lowest BCUT2D eigenvalue weighted by molar-refractivity contribution is 0.502. The summed E-state index contributed by atoms with van der Waals surface area (Å²) in [5.74, 6) is 1.03. The summed E-state index contributed by atoms with van der Waals surface area (Å²) in [6, 6.07) is 12.4. The Bertz CT molecular complexity index is 897. The van der Waals surface area contributed by atoms with Crippen molar-refractivity contribution in [1.82, 2.24) is 9.97 Å². The quantitative estimate of drug-likeness (QED) is 0.852. The highest BCUT2D eigenvalue weighted by Gasteiger charge is 2.22. The number of benzene rings is 1. The number of aromatic nitrogens is 2. The molecule has 0 spiro atoms. The zero-order valence-electron chi connectivity index (χ0n) is 12.4. The van der Waals surface area contributed by atoms with E-state index >= 15 is 0 Å². The van der Waals surface area contributed by atoms with Crippen LogP contribution in [0.2, 0.25) is 0 Å². The molecule has 1 aliphatic heterocycles. The Labute approximate surface area is 135 Å². The highest BCUT2D eigenvalue weighted by atomic mass is 32.2. The third-order valence-electron chi connectivity index (χ3n) is 4.15. The van der Waals surface area contributed by atoms with E-state index in [0.717, 1.165) is 25.9 Å². The molecule has 7 heteroatoms. The van der Waals surface area contributed by atoms with Crippen LogP contribution in [0.15, 0.2) is 36.5 Å². The van der Waals surface area contributed by atoms with E-state index in [1.54, 1.807) is 0 Å². The topological polar surface area (TPSA) is 89.8 Å². The van der Waals surface area contributed by atoms with Crippen molar-refractivity contribution in [3.8, 4) is 6.07 Å². The average Bonchev–Trinajstić information content (AvgIpc) is 2.62. The minimum Gasteiger partial charge on any atom is -0.357 e. The first kappa shape index (κ1) is 15.3. The van der Waals surface area contributed by atoms with Crippen molar-refractivity contribution in [2.75, 3.05) is 18.0 Å². The lowest BCUT2D eigenvalue weighted by Gasteiger charge is -2.33. The molecule has 1 aromatic heterocycles. The van der Waals surface area contributed by atoms with Crippen LogP contribution in [-0.2, 0) is 10.3 Å². The van der Waals surface area contributed by atoms with Gasteiger partial charge in [0.2, 0.25) is 0 Å². The summed E-state index contributed by atoms with van der Waals surface area (Å²) in [6.45, 7) is 1.53. The molecule has 0 bridgehead atoms. The van der Waals surface area contributed by atoms with Gasteiger partial charge in [0.25, 0.3) is 15.1 Å². The van der Waals surface area contributed by atoms with Crippen LogP contribution in [0.3, 0.4) is 0 Å². The predicted octanol–water partition coefficient (Wildman–Crippen LogP) is 2.08. The second kappa shape index (κ2) is 6.67. The van der Waals surface area contributed by atoms with Gasteiger partial charge in [-0.05, 0) is 24.3 Å². The van der Waals surface area contributed by atoms with Gasteiger partial charge in [0.1, 0.15) is 17.5 Å². The van der Waals surface area contributed by atoms with Crippen molar-refractivity contribution in [1.29, 1.82) is 5.26 Å². The minimum atomic E-state index is -2.44. The number of rotatable bonds is 2. The van der Waals surface area contributed by atoms with Gasteiger partial charge in [-0.3, -0.25) is 0 Å². The molecule has 1 saturated heterocycles. The Morgan fingerprint density at radius 3 is 2.52 bits per heavy atom. The van der Waals surface area contributed by atoms with E-state index in [0.29, 0.717) is 17.3 Å². The normalized spacial score (nSPS) is 15.2. The molecule has 0 unspecified atom stereocenters.